The molecule has 18 atom stereocenters. The fraction of sp³-hybridized carbons (Fsp3) is 0.778. The Labute approximate surface area is 289 Å². The van der Waals surface area contributed by atoms with E-state index in [2.05, 4.69) is 0 Å². The van der Waals surface area contributed by atoms with Crippen molar-refractivity contribution < 1.29 is 67.4 Å². The number of hydrogen-bond acceptors (Lipinski definition) is 14. The Hall–Kier alpha value is -3.36. The lowest BCUT2D eigenvalue weighted by Gasteiger charge is -2.65. The van der Waals surface area contributed by atoms with Crippen LogP contribution in [0.5, 0.6) is 0 Å². The summed E-state index contributed by atoms with van der Waals surface area (Å²) in [6.45, 7) is 13.3. The first-order valence-corrected chi connectivity index (χ1v) is 17.4. The fourth-order valence-electron chi connectivity index (χ4n) is 12.2. The van der Waals surface area contributed by atoms with Crippen LogP contribution in [0.1, 0.15) is 68.7 Å². The van der Waals surface area contributed by atoms with Gasteiger partial charge in [0.15, 0.2) is 11.4 Å². The highest BCUT2D eigenvalue weighted by atomic mass is 16.6. The molecule has 7 aliphatic rings. The van der Waals surface area contributed by atoms with Crippen LogP contribution >= 0.6 is 0 Å². The third-order valence-electron chi connectivity index (χ3n) is 14.1. The molecule has 2 N–H and O–H groups in total. The van der Waals surface area contributed by atoms with Crippen LogP contribution in [0.2, 0.25) is 0 Å². The van der Waals surface area contributed by atoms with Crippen LogP contribution in [-0.4, -0.2) is 94.2 Å². The summed E-state index contributed by atoms with van der Waals surface area (Å²) in [7, 11) is 0. The topological polar surface area (TPSA) is 202 Å². The Balaban J connectivity index is 1.53. The van der Waals surface area contributed by atoms with Crippen LogP contribution in [-0.2, 0) is 57.2 Å². The lowest BCUT2D eigenvalue weighted by atomic mass is 9.41. The van der Waals surface area contributed by atoms with Crippen molar-refractivity contribution in [3.63, 3.8) is 0 Å². The van der Waals surface area contributed by atoms with Gasteiger partial charge in [0.1, 0.15) is 42.4 Å². The minimum Gasteiger partial charge on any atom is -0.462 e. The summed E-state index contributed by atoms with van der Waals surface area (Å²) < 4.78 is 36.2. The van der Waals surface area contributed by atoms with Gasteiger partial charge in [-0.25, -0.2) is 4.79 Å². The van der Waals surface area contributed by atoms with Crippen LogP contribution in [0.3, 0.4) is 0 Å². The van der Waals surface area contributed by atoms with E-state index >= 15 is 0 Å². The van der Waals surface area contributed by atoms with E-state index in [0.717, 1.165) is 0 Å². The first kappa shape index (κ1) is 35.1. The van der Waals surface area contributed by atoms with Gasteiger partial charge >= 0.3 is 29.8 Å². The van der Waals surface area contributed by atoms with Gasteiger partial charge in [-0.3, -0.25) is 24.0 Å². The van der Waals surface area contributed by atoms with Crippen LogP contribution in [0.4, 0.5) is 0 Å². The second-order valence-electron chi connectivity index (χ2n) is 16.4. The van der Waals surface area contributed by atoms with E-state index in [1.54, 1.807) is 26.8 Å². The van der Waals surface area contributed by atoms with E-state index in [1.165, 1.54) is 34.6 Å². The quantitative estimate of drug-likeness (QED) is 0.242. The summed E-state index contributed by atoms with van der Waals surface area (Å²) in [5.41, 5.74) is -6.23. The molecule has 14 nitrogen and oxygen atoms in total. The molecule has 50 heavy (non-hydrogen) atoms. The molecule has 0 amide bonds. The number of epoxide rings is 1. The lowest BCUT2D eigenvalue weighted by Crippen LogP contribution is -2.74. The maximum atomic E-state index is 14.5. The van der Waals surface area contributed by atoms with Crippen LogP contribution in [0.25, 0.3) is 0 Å². The number of aliphatic hydroxyl groups excluding tert-OH is 1. The van der Waals surface area contributed by atoms with Gasteiger partial charge in [-0.1, -0.05) is 20.8 Å². The number of fused-ring (bicyclic) bond motifs is 10. The van der Waals surface area contributed by atoms with Crippen molar-refractivity contribution >= 4 is 35.6 Å². The number of ether oxygens (including phenoxy) is 6. The SMILES string of the molecule is CC(=O)O[C@H]1[C@H]2[C@H]3[C@H]([C@H](OC(C)=O)[C@H](OC(C)=O)[C@]2(C)[C@@H]2[C@@H]1[C@]1(C)C(=C[C@@H]2C)OC(=O)[C@@]1(C)O)[C@@]1(C)[C@H](C[C@@H]2O[C@@H]2[C@@H]1OC(C)=O)C(=O)[C@@H]3O. The van der Waals surface area contributed by atoms with Gasteiger partial charge in [0.05, 0.1) is 11.5 Å². The first-order chi connectivity index (χ1) is 23.1. The van der Waals surface area contributed by atoms with Gasteiger partial charge in [0.25, 0.3) is 0 Å². The van der Waals surface area contributed by atoms with Gasteiger partial charge in [0.2, 0.25) is 0 Å². The predicted molar refractivity (Wildman–Crippen MR) is 166 cm³/mol. The number of esters is 5. The molecule has 6 fully saturated rings. The second-order valence-corrected chi connectivity index (χ2v) is 16.4. The van der Waals surface area contributed by atoms with Gasteiger partial charge in [-0.15, -0.1) is 0 Å². The standard InChI is InChI=1S/C36H46O14/c1-12-10-19-35(8,36(9,44)32(43)50-19)24-21(12)34(7)22(28(24)45-13(2)37)20-23(29(46-14(3)38)31(34)48-16(5)40)33(6)17(25(41)26(20)42)11-18-27(49-18)30(33)47-15(4)39/h10,12,17-18,20-24,26-31,42,44H,11H2,1-9H3/t12-,17+,18-,20-,21-,22+,23+,24-,26+,27-,28-,29-,30-,31-,33+,34+,35-,36+/m0/s1. The minimum atomic E-state index is -2.10. The van der Waals surface area contributed by atoms with Crippen LogP contribution in [0, 0.1) is 57.7 Å². The molecule has 0 bridgehead atoms. The maximum absolute atomic E-state index is 14.5. The smallest absolute Gasteiger partial charge is 0.343 e. The van der Waals surface area contributed by atoms with Crippen molar-refractivity contribution in [2.45, 2.75) is 117 Å². The molecule has 0 unspecified atom stereocenters. The van der Waals surface area contributed by atoms with Gasteiger partial charge in [0, 0.05) is 68.1 Å². The zero-order valence-corrected chi connectivity index (χ0v) is 29.7. The molecule has 0 radical (unpaired) electrons. The highest BCUT2D eigenvalue weighted by molar-refractivity contribution is 5.88. The Morgan fingerprint density at radius 1 is 0.780 bits per heavy atom. The number of Topliss-reactive ketones (excluding diaryl/α,β-unsaturated/α-hetero) is 1. The molecule has 4 saturated carbocycles. The number of carbonyl (C=O) groups is 6. The number of aliphatic hydroxyl groups is 2. The Morgan fingerprint density at radius 3 is 1.90 bits per heavy atom. The summed E-state index contributed by atoms with van der Waals surface area (Å²) >= 11 is 0. The largest absolute Gasteiger partial charge is 0.462 e. The summed E-state index contributed by atoms with van der Waals surface area (Å²) in [6.07, 6.45) is -5.40. The molecule has 0 aromatic heterocycles. The van der Waals surface area contributed by atoms with Crippen LogP contribution in [0.15, 0.2) is 11.8 Å². The molecule has 0 aromatic carbocycles. The van der Waals surface area contributed by atoms with Crippen molar-refractivity contribution in [2.24, 2.45) is 57.7 Å². The second kappa shape index (κ2) is 10.8. The third-order valence-corrected chi connectivity index (χ3v) is 14.1. The highest BCUT2D eigenvalue weighted by Gasteiger charge is 2.83. The molecule has 7 rings (SSSR count). The number of hydrogen-bond donors (Lipinski definition) is 2. The third kappa shape index (κ3) is 4.24. The molecule has 5 aliphatic carbocycles. The molecule has 2 heterocycles. The number of rotatable bonds is 4. The number of ketones is 1. The zero-order valence-electron chi connectivity index (χ0n) is 29.7. The molecular weight excluding hydrogens is 656 g/mol. The Kier molecular flexibility index (Phi) is 7.59. The molecule has 0 aromatic rings. The van der Waals surface area contributed by atoms with Crippen molar-refractivity contribution in [3.8, 4) is 0 Å². The molecule has 2 saturated heterocycles. The number of carbonyl (C=O) groups excluding carboxylic acids is 6. The molecule has 274 valence electrons. The normalized spacial score (nSPS) is 52.3. The Bertz CT molecular complexity index is 1620. The van der Waals surface area contributed by atoms with Crippen molar-refractivity contribution in [3.05, 3.63) is 11.8 Å². The molecule has 2 aliphatic heterocycles. The summed E-state index contributed by atoms with van der Waals surface area (Å²) in [5, 5.41) is 24.2. The number of allylic oxidation sites excluding steroid dienone is 1. The molecular formula is C36H46O14. The van der Waals surface area contributed by atoms with Gasteiger partial charge < -0.3 is 38.6 Å². The molecule has 14 heteroatoms. The Morgan fingerprint density at radius 2 is 1.32 bits per heavy atom. The average molecular weight is 703 g/mol. The zero-order chi connectivity index (χ0) is 36.8. The predicted octanol–water partition coefficient (Wildman–Crippen LogP) is 1.41. The summed E-state index contributed by atoms with van der Waals surface area (Å²) in [5.74, 6) is -9.94. The van der Waals surface area contributed by atoms with E-state index in [0.29, 0.717) is 0 Å². The summed E-state index contributed by atoms with van der Waals surface area (Å²) in [4.78, 5) is 79.7. The van der Waals surface area contributed by atoms with E-state index in [1.807, 2.05) is 6.92 Å². The van der Waals surface area contributed by atoms with E-state index < -0.39 is 142 Å². The van der Waals surface area contributed by atoms with Crippen LogP contribution < -0.4 is 0 Å². The lowest BCUT2D eigenvalue weighted by molar-refractivity contribution is -0.272. The van der Waals surface area contributed by atoms with Crippen molar-refractivity contribution in [2.75, 3.05) is 0 Å². The minimum absolute atomic E-state index is 0.198. The molecule has 0 spiro atoms. The van der Waals surface area contributed by atoms with Gasteiger partial charge in [-0.2, -0.15) is 0 Å². The average Bonchev–Trinajstić information content (AvgIpc) is 3.68. The summed E-state index contributed by atoms with van der Waals surface area (Å²) in [6, 6.07) is 0. The monoisotopic (exact) mass is 702 g/mol. The fourth-order valence-corrected chi connectivity index (χ4v) is 12.2. The van der Waals surface area contributed by atoms with Gasteiger partial charge in [-0.05, 0) is 38.2 Å². The first-order valence-electron chi connectivity index (χ1n) is 17.4. The van der Waals surface area contributed by atoms with E-state index in [4.69, 9.17) is 28.4 Å². The van der Waals surface area contributed by atoms with Crippen molar-refractivity contribution in [1.29, 1.82) is 0 Å². The van der Waals surface area contributed by atoms with E-state index in [9.17, 15) is 39.0 Å². The highest BCUT2D eigenvalue weighted by Crippen LogP contribution is 2.76. The van der Waals surface area contributed by atoms with Crippen molar-refractivity contribution in [1.82, 2.24) is 0 Å². The van der Waals surface area contributed by atoms with E-state index in [-0.39, 0.29) is 12.2 Å². The maximum Gasteiger partial charge on any atom is 0.343 e.